The predicted molar refractivity (Wildman–Crippen MR) is 95.0 cm³/mol. The van der Waals surface area contributed by atoms with Crippen molar-refractivity contribution < 1.29 is 14.3 Å². The number of esters is 1. The lowest BCUT2D eigenvalue weighted by atomic mass is 10.0. The highest BCUT2D eigenvalue weighted by atomic mass is 32.1. The lowest BCUT2D eigenvalue weighted by molar-refractivity contribution is -0.137. The van der Waals surface area contributed by atoms with Crippen LogP contribution >= 0.6 is 11.3 Å². The summed E-state index contributed by atoms with van der Waals surface area (Å²) in [5.74, 6) is -0.269. The van der Waals surface area contributed by atoms with E-state index in [1.165, 1.54) is 0 Å². The largest absolute Gasteiger partial charge is 0.451 e. The maximum Gasteiger partial charge on any atom is 0.349 e. The maximum absolute atomic E-state index is 12.4. The minimum atomic E-state index is -0.587. The molecule has 1 amide bonds. The fourth-order valence-corrected chi connectivity index (χ4v) is 4.31. The van der Waals surface area contributed by atoms with E-state index in [-0.39, 0.29) is 24.1 Å². The maximum atomic E-state index is 12.4. The normalized spacial score (nSPS) is 17.7. The summed E-state index contributed by atoms with van der Waals surface area (Å²) < 4.78 is 5.21. The van der Waals surface area contributed by atoms with E-state index in [4.69, 9.17) is 4.74 Å². The molecule has 3 heterocycles. The smallest absolute Gasteiger partial charge is 0.349 e. The minimum absolute atomic E-state index is 0.175. The molecule has 0 aliphatic carbocycles. The molecule has 1 N–H and O–H groups in total. The third-order valence-electron chi connectivity index (χ3n) is 4.55. The van der Waals surface area contributed by atoms with Gasteiger partial charge in [-0.05, 0) is 45.6 Å². The van der Waals surface area contributed by atoms with Crippen LogP contribution in [0, 0.1) is 13.8 Å². The number of H-pyrrole nitrogens is 1. The quantitative estimate of drug-likeness (QED) is 0.844. The third kappa shape index (κ3) is 3.44. The average molecular weight is 363 g/mol. The summed E-state index contributed by atoms with van der Waals surface area (Å²) >= 11 is 1.12. The van der Waals surface area contributed by atoms with E-state index in [0.717, 1.165) is 30.6 Å². The molecule has 3 rings (SSSR count). The first-order valence-corrected chi connectivity index (χ1v) is 9.16. The zero-order valence-corrected chi connectivity index (χ0v) is 15.4. The summed E-state index contributed by atoms with van der Waals surface area (Å²) in [6, 6.07) is 0.178. The third-order valence-corrected chi connectivity index (χ3v) is 5.72. The average Bonchev–Trinajstić information content (AvgIpc) is 2.89. The number of aromatic nitrogens is 2. The molecule has 1 aliphatic rings. The highest BCUT2D eigenvalue weighted by molar-refractivity contribution is 7.20. The highest BCUT2D eigenvalue weighted by Gasteiger charge is 2.25. The Morgan fingerprint density at radius 3 is 2.84 bits per heavy atom. The zero-order valence-electron chi connectivity index (χ0n) is 14.5. The summed E-state index contributed by atoms with van der Waals surface area (Å²) in [5, 5.41) is 0.401. The first kappa shape index (κ1) is 17.6. The Morgan fingerprint density at radius 2 is 2.12 bits per heavy atom. The Kier molecular flexibility index (Phi) is 4.89. The molecule has 0 bridgehead atoms. The molecule has 0 radical (unpaired) electrons. The van der Waals surface area contributed by atoms with Crippen LogP contribution in [0.5, 0.6) is 0 Å². The Morgan fingerprint density at radius 1 is 1.36 bits per heavy atom. The van der Waals surface area contributed by atoms with Gasteiger partial charge in [0.2, 0.25) is 0 Å². The first-order chi connectivity index (χ1) is 11.9. The lowest BCUT2D eigenvalue weighted by Crippen LogP contribution is -2.44. The van der Waals surface area contributed by atoms with Gasteiger partial charge in [0.1, 0.15) is 15.5 Å². The molecule has 0 spiro atoms. The van der Waals surface area contributed by atoms with Crippen LogP contribution in [0.4, 0.5) is 0 Å². The molecule has 1 atom stereocenters. The van der Waals surface area contributed by atoms with E-state index in [9.17, 15) is 14.4 Å². The van der Waals surface area contributed by atoms with Gasteiger partial charge in [-0.2, -0.15) is 0 Å². The number of aryl methyl sites for hydroxylation is 2. The molecule has 0 saturated carbocycles. The van der Waals surface area contributed by atoms with Gasteiger partial charge in [-0.1, -0.05) is 0 Å². The number of piperidine rings is 1. The van der Waals surface area contributed by atoms with Crippen LogP contribution in [0.1, 0.15) is 47.2 Å². The van der Waals surface area contributed by atoms with Crippen LogP contribution in [0.2, 0.25) is 0 Å². The second kappa shape index (κ2) is 6.95. The van der Waals surface area contributed by atoms with Crippen molar-refractivity contribution in [3.63, 3.8) is 0 Å². The van der Waals surface area contributed by atoms with Gasteiger partial charge >= 0.3 is 5.97 Å². The number of hydrogen-bond donors (Lipinski definition) is 1. The van der Waals surface area contributed by atoms with Gasteiger partial charge in [0.05, 0.1) is 5.39 Å². The number of fused-ring (bicyclic) bond motifs is 1. The summed E-state index contributed by atoms with van der Waals surface area (Å²) in [6.07, 6.45) is 3.07. The number of nitrogens with one attached hydrogen (secondary N) is 1. The Hall–Kier alpha value is -2.22. The van der Waals surface area contributed by atoms with Gasteiger partial charge < -0.3 is 14.6 Å². The molecule has 25 heavy (non-hydrogen) atoms. The molecule has 1 saturated heterocycles. The van der Waals surface area contributed by atoms with E-state index in [2.05, 4.69) is 9.97 Å². The van der Waals surface area contributed by atoms with Crippen molar-refractivity contribution in [1.29, 1.82) is 0 Å². The molecular weight excluding hydrogens is 342 g/mol. The molecule has 8 heteroatoms. The Bertz CT molecular complexity index is 886. The van der Waals surface area contributed by atoms with Gasteiger partial charge in [-0.25, -0.2) is 9.78 Å². The van der Waals surface area contributed by atoms with Crippen molar-refractivity contribution in [1.82, 2.24) is 14.9 Å². The molecule has 1 fully saturated rings. The van der Waals surface area contributed by atoms with E-state index >= 15 is 0 Å². The Labute approximate surface area is 149 Å². The summed E-state index contributed by atoms with van der Waals surface area (Å²) in [6.45, 7) is 5.82. The van der Waals surface area contributed by atoms with Crippen molar-refractivity contribution in [3.8, 4) is 0 Å². The van der Waals surface area contributed by atoms with Gasteiger partial charge in [0, 0.05) is 12.6 Å². The molecule has 2 aromatic heterocycles. The molecule has 134 valence electrons. The SMILES string of the molecule is Cc1nc2sc(C(=O)OCC(=O)N3CCCC[C@H]3C)c(C)c2c(=O)[nH]1. The molecule has 0 aromatic carbocycles. The summed E-state index contributed by atoms with van der Waals surface area (Å²) in [5.41, 5.74) is 0.269. The number of aromatic amines is 1. The number of likely N-dealkylation sites (tertiary alicyclic amines) is 1. The van der Waals surface area contributed by atoms with Crippen LogP contribution in [0.3, 0.4) is 0 Å². The van der Waals surface area contributed by atoms with E-state index in [1.54, 1.807) is 18.7 Å². The predicted octanol–water partition coefficient (Wildman–Crippen LogP) is 2.16. The number of ether oxygens (including phenoxy) is 1. The fraction of sp³-hybridized carbons (Fsp3) is 0.529. The molecular formula is C17H21N3O4S. The number of nitrogens with zero attached hydrogens (tertiary/aromatic N) is 2. The van der Waals surface area contributed by atoms with Crippen LogP contribution in [0.25, 0.3) is 10.2 Å². The number of carbonyl (C=O) groups excluding carboxylic acids is 2. The molecule has 1 aliphatic heterocycles. The second-order valence-corrected chi connectivity index (χ2v) is 7.39. The van der Waals surface area contributed by atoms with Crippen LogP contribution in [0.15, 0.2) is 4.79 Å². The topological polar surface area (TPSA) is 92.4 Å². The first-order valence-electron chi connectivity index (χ1n) is 8.35. The van der Waals surface area contributed by atoms with Crippen LogP contribution in [-0.4, -0.2) is 45.9 Å². The monoisotopic (exact) mass is 363 g/mol. The summed E-state index contributed by atoms with van der Waals surface area (Å²) in [4.78, 5) is 46.2. The molecule has 0 unspecified atom stereocenters. The van der Waals surface area contributed by atoms with Crippen molar-refractivity contribution in [3.05, 3.63) is 26.6 Å². The molecule has 2 aromatic rings. The number of amides is 1. The number of rotatable bonds is 3. The van der Waals surface area contributed by atoms with Crippen molar-refractivity contribution in [2.24, 2.45) is 0 Å². The Balaban J connectivity index is 1.74. The summed E-state index contributed by atoms with van der Waals surface area (Å²) in [7, 11) is 0. The highest BCUT2D eigenvalue weighted by Crippen LogP contribution is 2.27. The molecule has 7 nitrogen and oxygen atoms in total. The van der Waals surface area contributed by atoms with Crippen molar-refractivity contribution >= 4 is 33.4 Å². The van der Waals surface area contributed by atoms with Crippen LogP contribution < -0.4 is 5.56 Å². The van der Waals surface area contributed by atoms with E-state index in [1.807, 2.05) is 6.92 Å². The number of carbonyl (C=O) groups is 2. The van der Waals surface area contributed by atoms with Gasteiger partial charge in [-0.15, -0.1) is 11.3 Å². The van der Waals surface area contributed by atoms with E-state index < -0.39 is 5.97 Å². The number of thiophene rings is 1. The zero-order chi connectivity index (χ0) is 18.1. The second-order valence-electron chi connectivity index (χ2n) is 6.40. The fourth-order valence-electron chi connectivity index (χ4n) is 3.19. The standard InChI is InChI=1S/C17H21N3O4S/c1-9-6-4-5-7-20(9)12(21)8-24-17(23)14-10(2)13-15(22)18-11(3)19-16(13)25-14/h9H,4-8H2,1-3H3,(H,18,19,22)/t9-/m1/s1. The van der Waals surface area contributed by atoms with Gasteiger partial charge in [0.15, 0.2) is 6.61 Å². The lowest BCUT2D eigenvalue weighted by Gasteiger charge is -2.33. The van der Waals surface area contributed by atoms with Crippen molar-refractivity contribution in [2.75, 3.05) is 13.2 Å². The number of hydrogen-bond acceptors (Lipinski definition) is 6. The van der Waals surface area contributed by atoms with Gasteiger partial charge in [-0.3, -0.25) is 9.59 Å². The van der Waals surface area contributed by atoms with Crippen LogP contribution in [-0.2, 0) is 9.53 Å². The van der Waals surface area contributed by atoms with E-state index in [0.29, 0.717) is 33.0 Å². The minimum Gasteiger partial charge on any atom is -0.451 e. The van der Waals surface area contributed by atoms with Gasteiger partial charge in [0.25, 0.3) is 11.5 Å². The van der Waals surface area contributed by atoms with Crippen molar-refractivity contribution in [2.45, 2.75) is 46.1 Å².